The minimum absolute atomic E-state index is 0.00288. The Balaban J connectivity index is 1.75. The molecule has 5 rings (SSSR count). The number of methoxy groups -OCH3 is 1. The standard InChI is InChI=1S/C29H29ClN4O3S2/c1-4-18(2)31-24(35)15-33-25(36)17-39-28(20-13-14-38-16-20)26-27(19-5-7-21(30)8-6-19)32-34(29(26)33)22-9-11-23(37-3)12-10-22/h5-14,16,18,28H,4,15,17H2,1-3H3,(H,31,35)/t18-,28+/m1/s1. The van der Waals surface area contributed by atoms with E-state index in [1.165, 1.54) is 0 Å². The Morgan fingerprint density at radius 1 is 1.18 bits per heavy atom. The summed E-state index contributed by atoms with van der Waals surface area (Å²) in [5.74, 6) is 1.18. The number of benzene rings is 2. The molecule has 3 heterocycles. The maximum Gasteiger partial charge on any atom is 0.240 e. The number of thiophene rings is 1. The molecule has 2 aromatic carbocycles. The number of rotatable bonds is 8. The molecule has 0 saturated heterocycles. The first-order chi connectivity index (χ1) is 18.9. The van der Waals surface area contributed by atoms with Crippen molar-refractivity contribution in [2.24, 2.45) is 0 Å². The van der Waals surface area contributed by atoms with E-state index in [0.717, 1.165) is 34.5 Å². The summed E-state index contributed by atoms with van der Waals surface area (Å²) in [7, 11) is 1.62. The zero-order valence-corrected chi connectivity index (χ0v) is 24.3. The SMILES string of the molecule is CC[C@@H](C)NC(=O)CN1C(=O)CS[C@@H](c2ccsc2)c2c(-c3ccc(Cl)cc3)nn(-c3ccc(OC)cc3)c21. The number of fused-ring (bicyclic) bond motifs is 1. The summed E-state index contributed by atoms with van der Waals surface area (Å²) in [6.45, 7) is 3.87. The van der Waals surface area contributed by atoms with Gasteiger partial charge in [-0.05, 0) is 72.1 Å². The summed E-state index contributed by atoms with van der Waals surface area (Å²) in [5.41, 5.74) is 4.35. The van der Waals surface area contributed by atoms with E-state index in [1.54, 1.807) is 39.8 Å². The van der Waals surface area contributed by atoms with Gasteiger partial charge in [-0.25, -0.2) is 4.68 Å². The van der Waals surface area contributed by atoms with Crippen LogP contribution in [-0.2, 0) is 9.59 Å². The third-order valence-corrected chi connectivity index (χ3v) is 8.90. The lowest BCUT2D eigenvalue weighted by Gasteiger charge is -2.24. The van der Waals surface area contributed by atoms with Crippen molar-refractivity contribution >= 4 is 52.3 Å². The van der Waals surface area contributed by atoms with Crippen LogP contribution in [0.4, 0.5) is 5.82 Å². The second kappa shape index (κ2) is 11.9. The maximum absolute atomic E-state index is 13.7. The zero-order valence-electron chi connectivity index (χ0n) is 21.9. The molecule has 39 heavy (non-hydrogen) atoms. The second-order valence-electron chi connectivity index (χ2n) is 9.31. The fourth-order valence-corrected chi connectivity index (χ4v) is 6.58. The van der Waals surface area contributed by atoms with Crippen LogP contribution in [0.3, 0.4) is 0 Å². The molecule has 0 spiro atoms. The summed E-state index contributed by atoms with van der Waals surface area (Å²) in [6.07, 6.45) is 0.797. The van der Waals surface area contributed by atoms with Crippen LogP contribution in [-0.4, -0.2) is 47.0 Å². The molecule has 0 aliphatic carbocycles. The Hall–Kier alpha value is -3.27. The molecule has 7 nitrogen and oxygen atoms in total. The van der Waals surface area contributed by atoms with Crippen molar-refractivity contribution in [2.75, 3.05) is 24.3 Å². The molecule has 0 saturated carbocycles. The van der Waals surface area contributed by atoms with E-state index in [1.807, 2.05) is 67.8 Å². The average Bonchev–Trinajstić information content (AvgIpc) is 3.59. The molecule has 1 aliphatic rings. The molecule has 4 aromatic rings. The number of hydrogen-bond acceptors (Lipinski definition) is 6. The highest BCUT2D eigenvalue weighted by atomic mass is 35.5. The van der Waals surface area contributed by atoms with Gasteiger partial charge >= 0.3 is 0 Å². The molecular formula is C29H29ClN4O3S2. The van der Waals surface area contributed by atoms with Gasteiger partial charge < -0.3 is 10.1 Å². The lowest BCUT2D eigenvalue weighted by Crippen LogP contribution is -2.44. The predicted octanol–water partition coefficient (Wildman–Crippen LogP) is 6.35. The Morgan fingerprint density at radius 2 is 1.92 bits per heavy atom. The quantitative estimate of drug-likeness (QED) is 0.263. The van der Waals surface area contributed by atoms with E-state index in [4.69, 9.17) is 21.4 Å². The first-order valence-electron chi connectivity index (χ1n) is 12.7. The van der Waals surface area contributed by atoms with Crippen LogP contribution in [0.2, 0.25) is 5.02 Å². The Kier molecular flexibility index (Phi) is 8.30. The highest BCUT2D eigenvalue weighted by Crippen LogP contribution is 2.49. The van der Waals surface area contributed by atoms with Crippen LogP contribution in [0.15, 0.2) is 65.4 Å². The Morgan fingerprint density at radius 3 is 2.56 bits per heavy atom. The van der Waals surface area contributed by atoms with Crippen LogP contribution in [0, 0.1) is 0 Å². The van der Waals surface area contributed by atoms with Gasteiger partial charge in [0.05, 0.1) is 29.5 Å². The van der Waals surface area contributed by atoms with Gasteiger partial charge in [0.15, 0.2) is 0 Å². The van der Waals surface area contributed by atoms with Crippen LogP contribution in [0.25, 0.3) is 16.9 Å². The van der Waals surface area contributed by atoms with Gasteiger partial charge in [-0.3, -0.25) is 14.5 Å². The number of carbonyl (C=O) groups is 2. The van der Waals surface area contributed by atoms with E-state index in [0.29, 0.717) is 16.6 Å². The summed E-state index contributed by atoms with van der Waals surface area (Å²) in [6, 6.07) is 17.1. The molecule has 2 amide bonds. The molecule has 1 aliphatic heterocycles. The fourth-order valence-electron chi connectivity index (χ4n) is 4.50. The number of carbonyl (C=O) groups excluding carboxylic acids is 2. The number of aromatic nitrogens is 2. The number of hydrogen-bond donors (Lipinski definition) is 1. The lowest BCUT2D eigenvalue weighted by molar-refractivity contribution is -0.123. The van der Waals surface area contributed by atoms with Crippen LogP contribution in [0.1, 0.15) is 36.6 Å². The van der Waals surface area contributed by atoms with Gasteiger partial charge in [0, 0.05) is 22.2 Å². The predicted molar refractivity (Wildman–Crippen MR) is 159 cm³/mol. The van der Waals surface area contributed by atoms with E-state index < -0.39 is 0 Å². The van der Waals surface area contributed by atoms with E-state index >= 15 is 0 Å². The number of nitrogens with zero attached hydrogens (tertiary/aromatic N) is 3. The minimum atomic E-state index is -0.210. The highest BCUT2D eigenvalue weighted by molar-refractivity contribution is 8.00. The Bertz CT molecular complexity index is 1450. The van der Waals surface area contributed by atoms with E-state index in [-0.39, 0.29) is 35.4 Å². The number of ether oxygens (including phenoxy) is 1. The summed E-state index contributed by atoms with van der Waals surface area (Å²) >= 11 is 9.39. The van der Waals surface area contributed by atoms with Crippen molar-refractivity contribution in [1.29, 1.82) is 0 Å². The molecule has 10 heteroatoms. The van der Waals surface area contributed by atoms with Crippen molar-refractivity contribution in [1.82, 2.24) is 15.1 Å². The normalized spacial score (nSPS) is 15.9. The van der Waals surface area contributed by atoms with Crippen LogP contribution < -0.4 is 15.0 Å². The molecule has 2 atom stereocenters. The summed E-state index contributed by atoms with van der Waals surface area (Å²) in [4.78, 5) is 28.4. The molecule has 0 fully saturated rings. The van der Waals surface area contributed by atoms with Crippen molar-refractivity contribution in [3.05, 3.63) is 81.5 Å². The molecule has 0 radical (unpaired) electrons. The summed E-state index contributed by atoms with van der Waals surface area (Å²) < 4.78 is 7.14. The summed E-state index contributed by atoms with van der Waals surface area (Å²) in [5, 5.41) is 12.7. The molecule has 0 unspecified atom stereocenters. The number of anilines is 1. The second-order valence-corrected chi connectivity index (χ2v) is 11.6. The van der Waals surface area contributed by atoms with Gasteiger partial charge in [0.25, 0.3) is 0 Å². The minimum Gasteiger partial charge on any atom is -0.497 e. The number of nitrogens with one attached hydrogen (secondary N) is 1. The lowest BCUT2D eigenvalue weighted by atomic mass is 10.0. The molecule has 0 bridgehead atoms. The first-order valence-corrected chi connectivity index (χ1v) is 15.0. The van der Waals surface area contributed by atoms with Crippen molar-refractivity contribution in [3.63, 3.8) is 0 Å². The van der Waals surface area contributed by atoms with E-state index in [9.17, 15) is 9.59 Å². The van der Waals surface area contributed by atoms with E-state index in [2.05, 4.69) is 16.8 Å². The number of amides is 2. The average molecular weight is 581 g/mol. The van der Waals surface area contributed by atoms with Gasteiger partial charge in [0.1, 0.15) is 18.1 Å². The first kappa shape index (κ1) is 27.3. The largest absolute Gasteiger partial charge is 0.497 e. The molecule has 202 valence electrons. The van der Waals surface area contributed by atoms with Crippen molar-refractivity contribution < 1.29 is 14.3 Å². The topological polar surface area (TPSA) is 76.5 Å². The highest BCUT2D eigenvalue weighted by Gasteiger charge is 2.38. The van der Waals surface area contributed by atoms with Crippen LogP contribution in [0.5, 0.6) is 5.75 Å². The van der Waals surface area contributed by atoms with Crippen molar-refractivity contribution in [3.8, 4) is 22.7 Å². The van der Waals surface area contributed by atoms with Gasteiger partial charge in [-0.15, -0.1) is 11.8 Å². The van der Waals surface area contributed by atoms with Crippen molar-refractivity contribution in [2.45, 2.75) is 31.6 Å². The monoisotopic (exact) mass is 580 g/mol. The van der Waals surface area contributed by atoms with Crippen LogP contribution >= 0.6 is 34.7 Å². The fraction of sp³-hybridized carbons (Fsp3) is 0.276. The smallest absolute Gasteiger partial charge is 0.240 e. The van der Waals surface area contributed by atoms with Gasteiger partial charge in [0.2, 0.25) is 11.8 Å². The zero-order chi connectivity index (χ0) is 27.5. The Labute approximate surface area is 241 Å². The molecular weight excluding hydrogens is 552 g/mol. The third-order valence-electron chi connectivity index (χ3n) is 6.69. The molecule has 1 N–H and O–H groups in total. The maximum atomic E-state index is 13.7. The molecule has 2 aromatic heterocycles. The third kappa shape index (κ3) is 5.71. The van der Waals surface area contributed by atoms with Gasteiger partial charge in [-0.1, -0.05) is 30.7 Å². The number of thioether (sulfide) groups is 1. The number of halogens is 1. The van der Waals surface area contributed by atoms with Gasteiger partial charge in [-0.2, -0.15) is 16.4 Å².